The Bertz CT molecular complexity index is 406. The molecular formula is C10H13NO2S. The molecule has 0 N–H and O–H groups in total. The molecular weight excluding hydrogens is 198 g/mol. The van der Waals surface area contributed by atoms with Gasteiger partial charge in [-0.25, -0.2) is 8.42 Å². The molecule has 0 spiro atoms. The van der Waals surface area contributed by atoms with E-state index in [2.05, 4.69) is 11.7 Å². The van der Waals surface area contributed by atoms with Crippen molar-refractivity contribution in [2.75, 3.05) is 12.8 Å². The predicted molar refractivity (Wildman–Crippen MR) is 57.7 cm³/mol. The molecule has 0 aliphatic heterocycles. The minimum Gasteiger partial charge on any atom is -0.301 e. The SMILES string of the molecule is C=NCCc1ccc(S(C)(=O)=O)cc1. The standard InChI is InChI=1S/C10H13NO2S/c1-11-8-7-9-3-5-10(6-4-9)14(2,12)13/h3-6H,1,7-8H2,2H3. The first-order chi connectivity index (χ1) is 6.54. The van der Waals surface area contributed by atoms with Gasteiger partial charge in [-0.2, -0.15) is 0 Å². The zero-order chi connectivity index (χ0) is 10.6. The Labute approximate surface area is 84.4 Å². The molecule has 1 rings (SSSR count). The van der Waals surface area contributed by atoms with Crippen molar-refractivity contribution in [3.8, 4) is 0 Å². The van der Waals surface area contributed by atoms with Crippen molar-refractivity contribution in [2.24, 2.45) is 4.99 Å². The summed E-state index contributed by atoms with van der Waals surface area (Å²) in [4.78, 5) is 4.09. The molecule has 1 aromatic carbocycles. The van der Waals surface area contributed by atoms with Crippen LogP contribution in [-0.2, 0) is 16.3 Å². The van der Waals surface area contributed by atoms with Crippen LogP contribution < -0.4 is 0 Å². The molecule has 0 heterocycles. The van der Waals surface area contributed by atoms with Crippen LogP contribution in [0.25, 0.3) is 0 Å². The summed E-state index contributed by atoms with van der Waals surface area (Å²) in [5.74, 6) is 0. The molecule has 0 saturated heterocycles. The third-order valence-electron chi connectivity index (χ3n) is 1.91. The topological polar surface area (TPSA) is 46.5 Å². The van der Waals surface area contributed by atoms with Gasteiger partial charge in [0.1, 0.15) is 0 Å². The van der Waals surface area contributed by atoms with Gasteiger partial charge in [0.2, 0.25) is 0 Å². The minimum absolute atomic E-state index is 0.354. The molecule has 0 radical (unpaired) electrons. The lowest BCUT2D eigenvalue weighted by Crippen LogP contribution is -1.97. The number of aliphatic imine (C=N–C) groups is 1. The van der Waals surface area contributed by atoms with Crippen LogP contribution in [0.1, 0.15) is 5.56 Å². The molecule has 3 nitrogen and oxygen atoms in total. The summed E-state index contributed by atoms with van der Waals surface area (Å²) in [6, 6.07) is 6.85. The smallest absolute Gasteiger partial charge is 0.175 e. The van der Waals surface area contributed by atoms with Gasteiger partial charge in [-0.05, 0) is 30.8 Å². The number of sulfone groups is 1. The Balaban J connectivity index is 2.84. The van der Waals surface area contributed by atoms with Crippen LogP contribution in [0.2, 0.25) is 0 Å². The third-order valence-corrected chi connectivity index (χ3v) is 3.04. The first-order valence-electron chi connectivity index (χ1n) is 4.25. The molecule has 4 heteroatoms. The van der Waals surface area contributed by atoms with Gasteiger partial charge in [0.05, 0.1) is 4.90 Å². The van der Waals surface area contributed by atoms with E-state index in [0.717, 1.165) is 12.0 Å². The van der Waals surface area contributed by atoms with Gasteiger partial charge in [-0.15, -0.1) is 0 Å². The second-order valence-corrected chi connectivity index (χ2v) is 5.13. The van der Waals surface area contributed by atoms with Crippen molar-refractivity contribution in [3.05, 3.63) is 29.8 Å². The monoisotopic (exact) mass is 211 g/mol. The Kier molecular flexibility index (Phi) is 3.41. The van der Waals surface area contributed by atoms with Gasteiger partial charge in [0.15, 0.2) is 9.84 Å². The van der Waals surface area contributed by atoms with E-state index in [1.54, 1.807) is 12.1 Å². The van der Waals surface area contributed by atoms with Gasteiger partial charge in [0, 0.05) is 12.8 Å². The highest BCUT2D eigenvalue weighted by molar-refractivity contribution is 7.90. The predicted octanol–water partition coefficient (Wildman–Crippen LogP) is 1.33. The van der Waals surface area contributed by atoms with Crippen molar-refractivity contribution in [1.29, 1.82) is 0 Å². The van der Waals surface area contributed by atoms with E-state index in [-0.39, 0.29) is 0 Å². The molecule has 0 amide bonds. The van der Waals surface area contributed by atoms with E-state index >= 15 is 0 Å². The fourth-order valence-electron chi connectivity index (χ4n) is 1.11. The zero-order valence-electron chi connectivity index (χ0n) is 8.10. The second-order valence-electron chi connectivity index (χ2n) is 3.11. The molecule has 0 aliphatic carbocycles. The average Bonchev–Trinajstić information content (AvgIpc) is 2.14. The number of benzene rings is 1. The summed E-state index contributed by atoms with van der Waals surface area (Å²) in [6.07, 6.45) is 2.00. The molecule has 0 aliphatic rings. The molecule has 76 valence electrons. The molecule has 0 atom stereocenters. The van der Waals surface area contributed by atoms with Crippen molar-refractivity contribution in [1.82, 2.24) is 0 Å². The van der Waals surface area contributed by atoms with E-state index < -0.39 is 9.84 Å². The van der Waals surface area contributed by atoms with Crippen LogP contribution in [0.3, 0.4) is 0 Å². The summed E-state index contributed by atoms with van der Waals surface area (Å²) in [6.45, 7) is 4.05. The lowest BCUT2D eigenvalue weighted by atomic mass is 10.2. The first-order valence-corrected chi connectivity index (χ1v) is 6.14. The quantitative estimate of drug-likeness (QED) is 0.705. The molecule has 0 saturated carbocycles. The highest BCUT2D eigenvalue weighted by Crippen LogP contribution is 2.10. The molecule has 0 fully saturated rings. The van der Waals surface area contributed by atoms with Crippen molar-refractivity contribution in [3.63, 3.8) is 0 Å². The van der Waals surface area contributed by atoms with E-state index in [0.29, 0.717) is 11.4 Å². The highest BCUT2D eigenvalue weighted by atomic mass is 32.2. The maximum absolute atomic E-state index is 11.1. The van der Waals surface area contributed by atoms with Gasteiger partial charge >= 0.3 is 0 Å². The molecule has 0 unspecified atom stereocenters. The maximum atomic E-state index is 11.1. The average molecular weight is 211 g/mol. The normalized spacial score (nSPS) is 11.2. The van der Waals surface area contributed by atoms with Crippen LogP contribution in [0.5, 0.6) is 0 Å². The van der Waals surface area contributed by atoms with Crippen molar-refractivity contribution < 1.29 is 8.42 Å². The third kappa shape index (κ3) is 2.96. The van der Waals surface area contributed by atoms with E-state index in [1.165, 1.54) is 6.26 Å². The van der Waals surface area contributed by atoms with Crippen LogP contribution in [0.15, 0.2) is 34.2 Å². The van der Waals surface area contributed by atoms with Crippen molar-refractivity contribution >= 4 is 16.6 Å². The Hall–Kier alpha value is -1.16. The fourth-order valence-corrected chi connectivity index (χ4v) is 1.74. The van der Waals surface area contributed by atoms with E-state index in [4.69, 9.17) is 0 Å². The number of nitrogens with zero attached hydrogens (tertiary/aromatic N) is 1. The summed E-state index contributed by atoms with van der Waals surface area (Å²) in [5.41, 5.74) is 1.07. The summed E-state index contributed by atoms with van der Waals surface area (Å²) in [7, 11) is -3.08. The number of hydrogen-bond donors (Lipinski definition) is 0. The van der Waals surface area contributed by atoms with Crippen LogP contribution in [0, 0.1) is 0 Å². The number of hydrogen-bond acceptors (Lipinski definition) is 3. The van der Waals surface area contributed by atoms with Crippen molar-refractivity contribution in [2.45, 2.75) is 11.3 Å². The highest BCUT2D eigenvalue weighted by Gasteiger charge is 2.05. The maximum Gasteiger partial charge on any atom is 0.175 e. The van der Waals surface area contributed by atoms with Crippen LogP contribution in [-0.4, -0.2) is 27.9 Å². The first kappa shape index (κ1) is 10.9. The lowest BCUT2D eigenvalue weighted by molar-refractivity contribution is 0.602. The Morgan fingerprint density at radius 1 is 1.29 bits per heavy atom. The molecule has 14 heavy (non-hydrogen) atoms. The number of rotatable bonds is 4. The zero-order valence-corrected chi connectivity index (χ0v) is 8.92. The van der Waals surface area contributed by atoms with Gasteiger partial charge in [0.25, 0.3) is 0 Å². The second kappa shape index (κ2) is 4.37. The fraction of sp³-hybridized carbons (Fsp3) is 0.300. The lowest BCUT2D eigenvalue weighted by Gasteiger charge is -2.00. The Morgan fingerprint density at radius 2 is 1.86 bits per heavy atom. The van der Waals surface area contributed by atoms with Gasteiger partial charge in [-0.1, -0.05) is 12.1 Å². The summed E-state index contributed by atoms with van der Waals surface area (Å²) >= 11 is 0. The van der Waals surface area contributed by atoms with Crippen LogP contribution >= 0.6 is 0 Å². The Morgan fingerprint density at radius 3 is 2.29 bits per heavy atom. The van der Waals surface area contributed by atoms with Gasteiger partial charge in [-0.3, -0.25) is 0 Å². The van der Waals surface area contributed by atoms with E-state index in [9.17, 15) is 8.42 Å². The largest absolute Gasteiger partial charge is 0.301 e. The van der Waals surface area contributed by atoms with Crippen LogP contribution in [0.4, 0.5) is 0 Å². The summed E-state index contributed by atoms with van der Waals surface area (Å²) < 4.78 is 22.3. The van der Waals surface area contributed by atoms with Gasteiger partial charge < -0.3 is 4.99 Å². The molecule has 0 aromatic heterocycles. The van der Waals surface area contributed by atoms with E-state index in [1.807, 2.05) is 12.1 Å². The minimum atomic E-state index is -3.08. The molecule has 0 bridgehead atoms. The summed E-state index contributed by atoms with van der Waals surface area (Å²) in [5, 5.41) is 0. The molecule has 1 aromatic rings.